The van der Waals surface area contributed by atoms with E-state index < -0.39 is 0 Å². The van der Waals surface area contributed by atoms with Crippen molar-refractivity contribution in [3.05, 3.63) is 47.5 Å². The smallest absolute Gasteiger partial charge is 0.0949 e. The third-order valence-electron chi connectivity index (χ3n) is 4.49. The Hall–Kier alpha value is -1.85. The summed E-state index contributed by atoms with van der Waals surface area (Å²) in [5.74, 6) is 0. The number of nitrogens with one attached hydrogen (secondary N) is 2. The van der Waals surface area contributed by atoms with Crippen molar-refractivity contribution >= 4 is 5.69 Å². The second kappa shape index (κ2) is 6.10. The topological polar surface area (TPSA) is 51.1 Å². The van der Waals surface area contributed by atoms with E-state index in [1.54, 1.807) is 0 Å². The molecule has 22 heavy (non-hydrogen) atoms. The molecule has 0 amide bonds. The molecular weight excluding hydrogens is 276 g/mol. The van der Waals surface area contributed by atoms with Crippen molar-refractivity contribution in [2.24, 2.45) is 0 Å². The molecule has 2 aromatic rings. The summed E-state index contributed by atoms with van der Waals surface area (Å²) in [5, 5.41) is 7.18. The number of imidazole rings is 1. The quantitative estimate of drug-likeness (QED) is 0.903. The first-order valence-corrected chi connectivity index (χ1v) is 8.04. The second-order valence-electron chi connectivity index (χ2n) is 6.15. The van der Waals surface area contributed by atoms with Gasteiger partial charge in [-0.25, -0.2) is 4.98 Å². The van der Waals surface area contributed by atoms with Crippen LogP contribution in [0.15, 0.2) is 30.9 Å². The lowest BCUT2D eigenvalue weighted by atomic mass is 9.95. The van der Waals surface area contributed by atoms with Crippen LogP contribution in [-0.2, 0) is 24.2 Å². The first kappa shape index (κ1) is 13.8. The lowest BCUT2D eigenvalue weighted by Gasteiger charge is -2.24. The molecular formula is C17H22N4O. The molecule has 2 aliphatic rings. The van der Waals surface area contributed by atoms with E-state index in [0.29, 0.717) is 6.04 Å². The maximum atomic E-state index is 5.50. The van der Waals surface area contributed by atoms with E-state index in [0.717, 1.165) is 45.7 Å². The maximum absolute atomic E-state index is 5.50. The van der Waals surface area contributed by atoms with Crippen LogP contribution in [0.3, 0.4) is 0 Å². The Balaban J connectivity index is 1.64. The van der Waals surface area contributed by atoms with Crippen LogP contribution < -0.4 is 10.6 Å². The first-order valence-electron chi connectivity index (χ1n) is 8.04. The zero-order chi connectivity index (χ0) is 14.8. The van der Waals surface area contributed by atoms with E-state index in [4.69, 9.17) is 4.74 Å². The molecule has 116 valence electrons. The van der Waals surface area contributed by atoms with E-state index in [1.807, 2.05) is 18.7 Å². The number of anilines is 1. The molecule has 2 aliphatic heterocycles. The van der Waals surface area contributed by atoms with Crippen LogP contribution >= 0.6 is 0 Å². The zero-order valence-corrected chi connectivity index (χ0v) is 12.7. The van der Waals surface area contributed by atoms with Gasteiger partial charge in [0.15, 0.2) is 0 Å². The molecule has 1 aromatic carbocycles. The average Bonchev–Trinajstić information content (AvgIpc) is 3.21. The molecule has 5 heteroatoms. The molecule has 0 aliphatic carbocycles. The van der Waals surface area contributed by atoms with Crippen molar-refractivity contribution in [2.45, 2.75) is 32.0 Å². The van der Waals surface area contributed by atoms with Gasteiger partial charge in [0.2, 0.25) is 0 Å². The molecule has 2 N–H and O–H groups in total. The Morgan fingerprint density at radius 2 is 2.41 bits per heavy atom. The minimum absolute atomic E-state index is 0.439. The van der Waals surface area contributed by atoms with Gasteiger partial charge in [0.1, 0.15) is 0 Å². The fourth-order valence-corrected chi connectivity index (χ4v) is 3.35. The van der Waals surface area contributed by atoms with Crippen LogP contribution in [0.4, 0.5) is 5.69 Å². The summed E-state index contributed by atoms with van der Waals surface area (Å²) >= 11 is 0. The van der Waals surface area contributed by atoms with Gasteiger partial charge in [0.05, 0.1) is 19.0 Å². The zero-order valence-electron chi connectivity index (χ0n) is 12.7. The Bertz CT molecular complexity index is 632. The number of benzene rings is 1. The van der Waals surface area contributed by atoms with E-state index in [9.17, 15) is 0 Å². The van der Waals surface area contributed by atoms with Gasteiger partial charge in [-0.2, -0.15) is 0 Å². The van der Waals surface area contributed by atoms with Gasteiger partial charge in [-0.15, -0.1) is 0 Å². The summed E-state index contributed by atoms with van der Waals surface area (Å²) < 4.78 is 7.61. The molecule has 1 aromatic heterocycles. The van der Waals surface area contributed by atoms with Crippen molar-refractivity contribution in [1.82, 2.24) is 14.9 Å². The van der Waals surface area contributed by atoms with Gasteiger partial charge < -0.3 is 19.9 Å². The number of hydrogen-bond donors (Lipinski definition) is 2. The molecule has 1 saturated heterocycles. The largest absolute Gasteiger partial charge is 0.380 e. The SMILES string of the molecule is c1cn(Cc2cc3c(c(N[C@H]4CCOC4)c2)CNCC3)cn1. The highest BCUT2D eigenvalue weighted by Crippen LogP contribution is 2.27. The number of ether oxygens (including phenoxy) is 1. The second-order valence-corrected chi connectivity index (χ2v) is 6.15. The van der Waals surface area contributed by atoms with Crippen LogP contribution in [-0.4, -0.2) is 35.4 Å². The van der Waals surface area contributed by atoms with Crippen LogP contribution in [0.5, 0.6) is 0 Å². The molecule has 0 spiro atoms. The maximum Gasteiger partial charge on any atom is 0.0949 e. The van der Waals surface area contributed by atoms with Crippen molar-refractivity contribution in [3.63, 3.8) is 0 Å². The molecule has 0 radical (unpaired) electrons. The van der Waals surface area contributed by atoms with E-state index in [-0.39, 0.29) is 0 Å². The van der Waals surface area contributed by atoms with Crippen LogP contribution in [0.1, 0.15) is 23.1 Å². The van der Waals surface area contributed by atoms with E-state index >= 15 is 0 Å². The molecule has 0 saturated carbocycles. The van der Waals surface area contributed by atoms with Gasteiger partial charge in [-0.1, -0.05) is 6.07 Å². The Kier molecular flexibility index (Phi) is 3.83. The normalized spacial score (nSPS) is 20.8. The number of rotatable bonds is 4. The lowest BCUT2D eigenvalue weighted by molar-refractivity contribution is 0.195. The first-order chi connectivity index (χ1) is 10.9. The van der Waals surface area contributed by atoms with Gasteiger partial charge in [-0.05, 0) is 42.1 Å². The molecule has 5 nitrogen and oxygen atoms in total. The number of hydrogen-bond acceptors (Lipinski definition) is 4. The minimum atomic E-state index is 0.439. The van der Waals surface area contributed by atoms with E-state index in [1.165, 1.54) is 22.4 Å². The lowest BCUT2D eigenvalue weighted by Crippen LogP contribution is -2.27. The minimum Gasteiger partial charge on any atom is -0.380 e. The molecule has 1 fully saturated rings. The molecule has 4 rings (SSSR count). The molecule has 0 bridgehead atoms. The average molecular weight is 298 g/mol. The van der Waals surface area contributed by atoms with Crippen LogP contribution in [0.25, 0.3) is 0 Å². The Morgan fingerprint density at radius 1 is 1.41 bits per heavy atom. The monoisotopic (exact) mass is 298 g/mol. The molecule has 1 atom stereocenters. The summed E-state index contributed by atoms with van der Waals surface area (Å²) in [6.07, 6.45) is 7.91. The summed E-state index contributed by atoms with van der Waals surface area (Å²) in [5.41, 5.74) is 5.50. The number of aromatic nitrogens is 2. The third-order valence-corrected chi connectivity index (χ3v) is 4.49. The standard InChI is InChI=1S/C17H22N4O/c1-3-18-9-16-14(1)7-13(10-21-5-4-19-12-21)8-17(16)20-15-2-6-22-11-15/h4-5,7-8,12,15,18,20H,1-3,6,9-11H2/t15-/m0/s1. The Labute approximate surface area is 130 Å². The van der Waals surface area contributed by atoms with Crippen molar-refractivity contribution < 1.29 is 4.74 Å². The highest BCUT2D eigenvalue weighted by molar-refractivity contribution is 5.58. The van der Waals surface area contributed by atoms with Crippen molar-refractivity contribution in [3.8, 4) is 0 Å². The highest BCUT2D eigenvalue weighted by Gasteiger charge is 2.20. The summed E-state index contributed by atoms with van der Waals surface area (Å²) in [6.45, 7) is 4.57. The predicted octanol–water partition coefficient (Wildman–Crippen LogP) is 1.78. The van der Waals surface area contributed by atoms with Gasteiger partial charge in [-0.3, -0.25) is 0 Å². The fourth-order valence-electron chi connectivity index (χ4n) is 3.35. The predicted molar refractivity (Wildman–Crippen MR) is 86.0 cm³/mol. The number of nitrogens with zero attached hydrogens (tertiary/aromatic N) is 2. The van der Waals surface area contributed by atoms with Crippen molar-refractivity contribution in [1.29, 1.82) is 0 Å². The number of fused-ring (bicyclic) bond motifs is 1. The van der Waals surface area contributed by atoms with Gasteiger partial charge >= 0.3 is 0 Å². The Morgan fingerprint density at radius 3 is 3.23 bits per heavy atom. The fraction of sp³-hybridized carbons (Fsp3) is 0.471. The molecule has 0 unspecified atom stereocenters. The summed E-state index contributed by atoms with van der Waals surface area (Å²) in [4.78, 5) is 4.13. The van der Waals surface area contributed by atoms with Crippen LogP contribution in [0.2, 0.25) is 0 Å². The summed E-state index contributed by atoms with van der Waals surface area (Å²) in [6, 6.07) is 5.09. The summed E-state index contributed by atoms with van der Waals surface area (Å²) in [7, 11) is 0. The third kappa shape index (κ3) is 2.87. The van der Waals surface area contributed by atoms with Gasteiger partial charge in [0.25, 0.3) is 0 Å². The van der Waals surface area contributed by atoms with Crippen LogP contribution in [0, 0.1) is 0 Å². The van der Waals surface area contributed by atoms with Gasteiger partial charge in [0, 0.05) is 37.8 Å². The molecule has 3 heterocycles. The van der Waals surface area contributed by atoms with E-state index in [2.05, 4.69) is 32.3 Å². The van der Waals surface area contributed by atoms with Crippen molar-refractivity contribution in [2.75, 3.05) is 25.1 Å². The highest BCUT2D eigenvalue weighted by atomic mass is 16.5.